The molecule has 1 aliphatic heterocycles. The van der Waals surface area contributed by atoms with Crippen molar-refractivity contribution < 1.29 is 4.79 Å². The molecular formula is C17H21N3OS. The summed E-state index contributed by atoms with van der Waals surface area (Å²) < 4.78 is 0. The van der Waals surface area contributed by atoms with Gasteiger partial charge in [0.05, 0.1) is 16.7 Å². The third kappa shape index (κ3) is 3.36. The van der Waals surface area contributed by atoms with E-state index in [0.29, 0.717) is 6.42 Å². The summed E-state index contributed by atoms with van der Waals surface area (Å²) in [5.74, 6) is 0.136. The summed E-state index contributed by atoms with van der Waals surface area (Å²) in [7, 11) is 0. The Balaban J connectivity index is 1.72. The lowest BCUT2D eigenvalue weighted by Crippen LogP contribution is -2.48. The van der Waals surface area contributed by atoms with Crippen LogP contribution in [-0.4, -0.2) is 16.9 Å². The SMILES string of the molecule is Cc1nc(C)c(CN[C@@H]2CCC(=O)N[C@H]2c2ccccc2)s1. The number of piperidine rings is 1. The summed E-state index contributed by atoms with van der Waals surface area (Å²) >= 11 is 1.74. The van der Waals surface area contributed by atoms with Crippen LogP contribution in [0, 0.1) is 13.8 Å². The molecule has 22 heavy (non-hydrogen) atoms. The lowest BCUT2D eigenvalue weighted by Gasteiger charge is -2.33. The second-order valence-corrected chi connectivity index (χ2v) is 7.01. The van der Waals surface area contributed by atoms with Crippen molar-refractivity contribution in [3.8, 4) is 0 Å². The molecule has 116 valence electrons. The number of nitrogens with one attached hydrogen (secondary N) is 2. The average molecular weight is 315 g/mol. The predicted molar refractivity (Wildman–Crippen MR) is 88.8 cm³/mol. The van der Waals surface area contributed by atoms with E-state index in [1.165, 1.54) is 4.88 Å². The molecule has 1 amide bonds. The molecule has 1 aliphatic rings. The number of aromatic nitrogens is 1. The number of carbonyl (C=O) groups excluding carboxylic acids is 1. The normalized spacial score (nSPS) is 21.6. The van der Waals surface area contributed by atoms with Crippen molar-refractivity contribution in [1.29, 1.82) is 0 Å². The van der Waals surface area contributed by atoms with E-state index >= 15 is 0 Å². The lowest BCUT2D eigenvalue weighted by molar-refractivity contribution is -0.123. The van der Waals surface area contributed by atoms with Crippen molar-refractivity contribution in [3.05, 3.63) is 51.5 Å². The van der Waals surface area contributed by atoms with Crippen molar-refractivity contribution in [2.75, 3.05) is 0 Å². The van der Waals surface area contributed by atoms with Crippen LogP contribution in [0.3, 0.4) is 0 Å². The van der Waals surface area contributed by atoms with Gasteiger partial charge in [-0.05, 0) is 25.8 Å². The zero-order chi connectivity index (χ0) is 15.5. The molecule has 1 aromatic heterocycles. The minimum atomic E-state index is 0.0387. The van der Waals surface area contributed by atoms with Gasteiger partial charge in [-0.1, -0.05) is 30.3 Å². The molecule has 0 radical (unpaired) electrons. The number of carbonyl (C=O) groups is 1. The van der Waals surface area contributed by atoms with Gasteiger partial charge < -0.3 is 10.6 Å². The van der Waals surface area contributed by atoms with E-state index < -0.39 is 0 Å². The minimum Gasteiger partial charge on any atom is -0.348 e. The van der Waals surface area contributed by atoms with Gasteiger partial charge >= 0.3 is 0 Å². The Morgan fingerprint density at radius 1 is 1.32 bits per heavy atom. The third-order valence-corrected chi connectivity index (χ3v) is 5.16. The van der Waals surface area contributed by atoms with Crippen LogP contribution >= 0.6 is 11.3 Å². The highest BCUT2D eigenvalue weighted by atomic mass is 32.1. The zero-order valence-electron chi connectivity index (χ0n) is 12.9. The van der Waals surface area contributed by atoms with E-state index in [0.717, 1.165) is 29.2 Å². The molecule has 0 spiro atoms. The topological polar surface area (TPSA) is 54.0 Å². The molecule has 4 nitrogen and oxygen atoms in total. The number of benzene rings is 1. The highest BCUT2D eigenvalue weighted by molar-refractivity contribution is 7.11. The summed E-state index contributed by atoms with van der Waals surface area (Å²) in [6.45, 7) is 4.90. The quantitative estimate of drug-likeness (QED) is 0.912. The first-order chi connectivity index (χ1) is 10.6. The van der Waals surface area contributed by atoms with Crippen LogP contribution in [0.5, 0.6) is 0 Å². The second-order valence-electron chi connectivity index (χ2n) is 5.72. The van der Waals surface area contributed by atoms with Crippen molar-refractivity contribution in [2.45, 2.75) is 45.3 Å². The fourth-order valence-corrected chi connectivity index (χ4v) is 3.84. The number of hydrogen-bond acceptors (Lipinski definition) is 4. The van der Waals surface area contributed by atoms with Gasteiger partial charge in [0.25, 0.3) is 0 Å². The molecule has 0 unspecified atom stereocenters. The molecular weight excluding hydrogens is 294 g/mol. The van der Waals surface area contributed by atoms with Crippen molar-refractivity contribution in [1.82, 2.24) is 15.6 Å². The van der Waals surface area contributed by atoms with Crippen LogP contribution in [0.4, 0.5) is 0 Å². The Kier molecular flexibility index (Phi) is 4.55. The maximum atomic E-state index is 11.8. The highest BCUT2D eigenvalue weighted by Crippen LogP contribution is 2.25. The Morgan fingerprint density at radius 3 is 2.77 bits per heavy atom. The first kappa shape index (κ1) is 15.2. The summed E-state index contributed by atoms with van der Waals surface area (Å²) in [6.07, 6.45) is 1.45. The zero-order valence-corrected chi connectivity index (χ0v) is 13.7. The molecule has 2 N–H and O–H groups in total. The molecule has 2 aromatic rings. The standard InChI is InChI=1S/C17H21N3OS/c1-11-15(22-12(2)19-11)10-18-14-8-9-16(21)20-17(14)13-6-4-3-5-7-13/h3-7,14,17-18H,8-10H2,1-2H3,(H,20,21)/t14-,17+/m1/s1. The van der Waals surface area contributed by atoms with Gasteiger partial charge in [-0.15, -0.1) is 11.3 Å². The largest absolute Gasteiger partial charge is 0.348 e. The molecule has 1 aromatic carbocycles. The lowest BCUT2D eigenvalue weighted by atomic mass is 9.92. The molecule has 2 atom stereocenters. The molecule has 0 bridgehead atoms. The highest BCUT2D eigenvalue weighted by Gasteiger charge is 2.29. The number of thiazole rings is 1. The van der Waals surface area contributed by atoms with Crippen LogP contribution in [0.2, 0.25) is 0 Å². The van der Waals surface area contributed by atoms with Gasteiger partial charge in [0, 0.05) is 23.9 Å². The van der Waals surface area contributed by atoms with Crippen molar-refractivity contribution in [2.24, 2.45) is 0 Å². The molecule has 0 aliphatic carbocycles. The van der Waals surface area contributed by atoms with Gasteiger partial charge in [-0.2, -0.15) is 0 Å². The Labute approximate surface area is 135 Å². The van der Waals surface area contributed by atoms with Crippen LogP contribution in [-0.2, 0) is 11.3 Å². The number of nitrogens with zero attached hydrogens (tertiary/aromatic N) is 1. The van der Waals surface area contributed by atoms with Gasteiger partial charge in [0.15, 0.2) is 0 Å². The number of hydrogen-bond donors (Lipinski definition) is 2. The summed E-state index contributed by atoms with van der Waals surface area (Å²) in [6, 6.07) is 10.5. The minimum absolute atomic E-state index is 0.0387. The molecule has 0 saturated carbocycles. The Bertz CT molecular complexity index is 653. The number of amides is 1. The smallest absolute Gasteiger partial charge is 0.220 e. The monoisotopic (exact) mass is 315 g/mol. The van der Waals surface area contributed by atoms with E-state index in [-0.39, 0.29) is 18.0 Å². The van der Waals surface area contributed by atoms with E-state index in [1.807, 2.05) is 25.1 Å². The average Bonchev–Trinajstić information content (AvgIpc) is 2.84. The van der Waals surface area contributed by atoms with Gasteiger partial charge in [-0.3, -0.25) is 4.79 Å². The van der Waals surface area contributed by atoms with Crippen LogP contribution < -0.4 is 10.6 Å². The first-order valence-electron chi connectivity index (χ1n) is 7.64. The first-order valence-corrected chi connectivity index (χ1v) is 8.46. The number of rotatable bonds is 4. The fraction of sp³-hybridized carbons (Fsp3) is 0.412. The van der Waals surface area contributed by atoms with E-state index in [9.17, 15) is 4.79 Å². The van der Waals surface area contributed by atoms with Crippen LogP contribution in [0.25, 0.3) is 0 Å². The van der Waals surface area contributed by atoms with Crippen molar-refractivity contribution in [3.63, 3.8) is 0 Å². The maximum absolute atomic E-state index is 11.8. The second kappa shape index (κ2) is 6.58. The predicted octanol–water partition coefficient (Wildman–Crippen LogP) is 2.87. The van der Waals surface area contributed by atoms with E-state index in [2.05, 4.69) is 34.7 Å². The Morgan fingerprint density at radius 2 is 2.09 bits per heavy atom. The number of aryl methyl sites for hydroxylation is 2. The van der Waals surface area contributed by atoms with E-state index in [4.69, 9.17) is 0 Å². The van der Waals surface area contributed by atoms with Gasteiger partial charge in [0.1, 0.15) is 0 Å². The van der Waals surface area contributed by atoms with Gasteiger partial charge in [-0.25, -0.2) is 4.98 Å². The van der Waals surface area contributed by atoms with Crippen molar-refractivity contribution >= 4 is 17.2 Å². The third-order valence-electron chi connectivity index (χ3n) is 4.08. The van der Waals surface area contributed by atoms with Gasteiger partial charge in [0.2, 0.25) is 5.91 Å². The van der Waals surface area contributed by atoms with Crippen LogP contribution in [0.15, 0.2) is 30.3 Å². The maximum Gasteiger partial charge on any atom is 0.220 e. The Hall–Kier alpha value is -1.72. The fourth-order valence-electron chi connectivity index (χ4n) is 2.96. The van der Waals surface area contributed by atoms with Crippen LogP contribution in [0.1, 0.15) is 40.0 Å². The summed E-state index contributed by atoms with van der Waals surface area (Å²) in [5, 5.41) is 7.84. The molecule has 5 heteroatoms. The molecule has 3 rings (SSSR count). The summed E-state index contributed by atoms with van der Waals surface area (Å²) in [4.78, 5) is 17.5. The molecule has 1 fully saturated rings. The molecule has 1 saturated heterocycles. The molecule has 2 heterocycles. The summed E-state index contributed by atoms with van der Waals surface area (Å²) in [5.41, 5.74) is 2.26. The van der Waals surface area contributed by atoms with E-state index in [1.54, 1.807) is 11.3 Å².